The third-order valence-electron chi connectivity index (χ3n) is 10.3. The molecule has 11 aromatic rings. The minimum absolute atomic E-state index is 0.664. The lowest BCUT2D eigenvalue weighted by molar-refractivity contribution is 1.01. The first kappa shape index (κ1) is 27.2. The van der Waals surface area contributed by atoms with E-state index in [2.05, 4.69) is 173 Å². The predicted molar refractivity (Wildman–Crippen MR) is 207 cm³/mol. The van der Waals surface area contributed by atoms with Crippen LogP contribution < -0.4 is 0 Å². The van der Waals surface area contributed by atoms with Crippen molar-refractivity contribution in [1.29, 1.82) is 0 Å². The van der Waals surface area contributed by atoms with Crippen molar-refractivity contribution in [3.63, 3.8) is 0 Å². The molecule has 0 aliphatic rings. The predicted octanol–water partition coefficient (Wildman–Crippen LogP) is 11.7. The maximum absolute atomic E-state index is 5.37. The van der Waals surface area contributed by atoms with E-state index in [0.717, 1.165) is 33.2 Å². The summed E-state index contributed by atoms with van der Waals surface area (Å²) < 4.78 is 4.80. The van der Waals surface area contributed by atoms with E-state index in [4.69, 9.17) is 9.97 Å². The minimum atomic E-state index is 0.664. The fourth-order valence-corrected chi connectivity index (χ4v) is 8.24. The molecule has 0 spiro atoms. The molecule has 50 heavy (non-hydrogen) atoms. The third kappa shape index (κ3) is 3.70. The molecule has 0 fully saturated rings. The summed E-state index contributed by atoms with van der Waals surface area (Å²) in [7, 11) is 0. The number of aromatic nitrogens is 4. The quantitative estimate of drug-likeness (QED) is 0.193. The largest absolute Gasteiger partial charge is 0.307 e. The van der Waals surface area contributed by atoms with Crippen LogP contribution >= 0.6 is 0 Å². The van der Waals surface area contributed by atoms with Crippen molar-refractivity contribution in [3.05, 3.63) is 170 Å². The molecule has 0 radical (unpaired) electrons. The summed E-state index contributed by atoms with van der Waals surface area (Å²) in [5.41, 5.74) is 12.3. The van der Waals surface area contributed by atoms with Gasteiger partial charge in [-0.25, -0.2) is 9.97 Å². The Morgan fingerprint density at radius 2 is 0.980 bits per heavy atom. The number of nitrogens with zero attached hydrogens (tertiary/aromatic N) is 4. The van der Waals surface area contributed by atoms with Crippen LogP contribution in [0.25, 0.3) is 99.5 Å². The van der Waals surface area contributed by atoms with Gasteiger partial charge in [0, 0.05) is 38.1 Å². The average molecular weight is 637 g/mol. The lowest BCUT2D eigenvalue weighted by Gasteiger charge is -2.12. The van der Waals surface area contributed by atoms with Gasteiger partial charge in [-0.05, 0) is 40.8 Å². The van der Waals surface area contributed by atoms with Crippen molar-refractivity contribution < 1.29 is 0 Å². The standard InChI is InChI=1S/C46H28N4/c1-4-15-29(16-5-1)40-35-27-28-39-42-41-33(32-21-11-13-25-37(32)50(45(35)42)44(40)31-19-8-3-9-20-31)23-14-26-38(41)49(39)46-47-36-24-12-10-22-34(36)43(48-46)30-17-6-2-7-18-30/h1-28H. The molecule has 4 heterocycles. The molecule has 0 atom stereocenters. The van der Waals surface area contributed by atoms with E-state index in [1.54, 1.807) is 0 Å². The summed E-state index contributed by atoms with van der Waals surface area (Å²) in [6.07, 6.45) is 0. The molecule has 4 heteroatoms. The van der Waals surface area contributed by atoms with Crippen molar-refractivity contribution in [2.75, 3.05) is 0 Å². The normalized spacial score (nSPS) is 12.0. The van der Waals surface area contributed by atoms with E-state index < -0.39 is 0 Å². The van der Waals surface area contributed by atoms with Crippen LogP contribution in [-0.4, -0.2) is 18.9 Å². The highest BCUT2D eigenvalue weighted by Gasteiger charge is 2.27. The van der Waals surface area contributed by atoms with Crippen LogP contribution in [0.15, 0.2) is 170 Å². The summed E-state index contributed by atoms with van der Waals surface area (Å²) in [6.45, 7) is 0. The zero-order chi connectivity index (χ0) is 32.8. The lowest BCUT2D eigenvalue weighted by Crippen LogP contribution is -2.03. The van der Waals surface area contributed by atoms with Gasteiger partial charge >= 0.3 is 0 Å². The maximum Gasteiger partial charge on any atom is 0.235 e. The van der Waals surface area contributed by atoms with Crippen molar-refractivity contribution in [1.82, 2.24) is 18.9 Å². The number of benzene rings is 7. The Morgan fingerprint density at radius 3 is 1.76 bits per heavy atom. The Bertz CT molecular complexity index is 3070. The zero-order valence-electron chi connectivity index (χ0n) is 27.0. The van der Waals surface area contributed by atoms with Crippen LogP contribution in [0.2, 0.25) is 0 Å². The summed E-state index contributed by atoms with van der Waals surface area (Å²) in [6, 6.07) is 60.5. The molecule has 7 aromatic carbocycles. The van der Waals surface area contributed by atoms with Gasteiger partial charge in [0.2, 0.25) is 5.95 Å². The van der Waals surface area contributed by atoms with Gasteiger partial charge in [-0.2, -0.15) is 0 Å². The van der Waals surface area contributed by atoms with Gasteiger partial charge < -0.3 is 4.40 Å². The number of para-hydroxylation sites is 2. The van der Waals surface area contributed by atoms with Crippen LogP contribution in [0, 0.1) is 0 Å². The smallest absolute Gasteiger partial charge is 0.235 e. The van der Waals surface area contributed by atoms with Gasteiger partial charge in [-0.15, -0.1) is 0 Å². The molecule has 0 saturated carbocycles. The van der Waals surface area contributed by atoms with Gasteiger partial charge in [0.15, 0.2) is 0 Å². The highest BCUT2D eigenvalue weighted by molar-refractivity contribution is 6.32. The van der Waals surface area contributed by atoms with E-state index in [-0.39, 0.29) is 0 Å². The monoisotopic (exact) mass is 636 g/mol. The molecule has 232 valence electrons. The molecule has 4 nitrogen and oxygen atoms in total. The number of rotatable bonds is 4. The minimum Gasteiger partial charge on any atom is -0.307 e. The van der Waals surface area contributed by atoms with Crippen LogP contribution in [0.3, 0.4) is 0 Å². The van der Waals surface area contributed by atoms with Crippen LogP contribution in [0.5, 0.6) is 0 Å². The summed E-state index contributed by atoms with van der Waals surface area (Å²) in [5.74, 6) is 0.664. The molecule has 11 rings (SSSR count). The fraction of sp³-hybridized carbons (Fsp3) is 0. The van der Waals surface area contributed by atoms with Gasteiger partial charge in [0.25, 0.3) is 0 Å². The van der Waals surface area contributed by atoms with Gasteiger partial charge in [-0.1, -0.05) is 146 Å². The first-order valence-corrected chi connectivity index (χ1v) is 17.0. The number of hydrogen-bond donors (Lipinski definition) is 0. The molecule has 0 aliphatic heterocycles. The van der Waals surface area contributed by atoms with Crippen molar-refractivity contribution >= 4 is 59.9 Å². The second kappa shape index (κ2) is 10.4. The second-order valence-corrected chi connectivity index (χ2v) is 13.0. The molecule has 0 aliphatic carbocycles. The third-order valence-corrected chi connectivity index (χ3v) is 10.3. The van der Waals surface area contributed by atoms with Crippen LogP contribution in [0.1, 0.15) is 0 Å². The Kier molecular flexibility index (Phi) is 5.63. The SMILES string of the molecule is c1ccc(-c2nc(-n3c4cccc5c6ccccc6n6c(-c7ccccc7)c(-c7ccccc7)c7ccc3c(c54)c76)nc3ccccc23)cc1. The Labute approximate surface area is 287 Å². The molecule has 0 bridgehead atoms. The molecule has 0 amide bonds. The highest BCUT2D eigenvalue weighted by Crippen LogP contribution is 2.49. The van der Waals surface area contributed by atoms with Gasteiger partial charge in [0.05, 0.1) is 39.0 Å². The average Bonchev–Trinajstić information content (AvgIpc) is 3.68. The first-order chi connectivity index (χ1) is 24.8. The van der Waals surface area contributed by atoms with Crippen molar-refractivity contribution in [2.24, 2.45) is 0 Å². The summed E-state index contributed by atoms with van der Waals surface area (Å²) in [4.78, 5) is 10.6. The van der Waals surface area contributed by atoms with Crippen molar-refractivity contribution in [2.45, 2.75) is 0 Å². The van der Waals surface area contributed by atoms with Crippen LogP contribution in [-0.2, 0) is 0 Å². The molecule has 0 unspecified atom stereocenters. The van der Waals surface area contributed by atoms with Gasteiger partial charge in [0.1, 0.15) is 0 Å². The Balaban J connectivity index is 1.38. The van der Waals surface area contributed by atoms with Crippen LogP contribution in [0.4, 0.5) is 0 Å². The number of fused-ring (bicyclic) bond motifs is 4. The second-order valence-electron chi connectivity index (χ2n) is 13.0. The number of hydrogen-bond acceptors (Lipinski definition) is 2. The van der Waals surface area contributed by atoms with E-state index in [1.807, 2.05) is 6.07 Å². The molecule has 0 saturated heterocycles. The fourth-order valence-electron chi connectivity index (χ4n) is 8.24. The Morgan fingerprint density at radius 1 is 0.380 bits per heavy atom. The topological polar surface area (TPSA) is 35.1 Å². The van der Waals surface area contributed by atoms with E-state index in [0.29, 0.717) is 5.95 Å². The van der Waals surface area contributed by atoms with Crippen molar-refractivity contribution in [3.8, 4) is 39.6 Å². The van der Waals surface area contributed by atoms with E-state index in [1.165, 1.54) is 60.3 Å². The maximum atomic E-state index is 5.37. The summed E-state index contributed by atoms with van der Waals surface area (Å²) in [5, 5.41) is 7.09. The zero-order valence-corrected chi connectivity index (χ0v) is 27.0. The molecular weight excluding hydrogens is 609 g/mol. The highest BCUT2D eigenvalue weighted by atomic mass is 15.2. The molecule has 4 aromatic heterocycles. The van der Waals surface area contributed by atoms with E-state index >= 15 is 0 Å². The first-order valence-electron chi connectivity index (χ1n) is 17.0. The van der Waals surface area contributed by atoms with Gasteiger partial charge in [-0.3, -0.25) is 4.57 Å². The molecule has 0 N–H and O–H groups in total. The molecular formula is C46H28N4. The lowest BCUT2D eigenvalue weighted by atomic mass is 9.97. The summed E-state index contributed by atoms with van der Waals surface area (Å²) >= 11 is 0. The Hall–Kier alpha value is -6.78. The van der Waals surface area contributed by atoms with E-state index in [9.17, 15) is 0 Å².